The number of rotatable bonds is 10. The van der Waals surface area contributed by atoms with Gasteiger partial charge in [-0.15, -0.1) is 0 Å². The van der Waals surface area contributed by atoms with Crippen LogP contribution in [0.25, 0.3) is 11.1 Å². The van der Waals surface area contributed by atoms with Gasteiger partial charge in [-0.05, 0) is 53.3 Å². The second-order valence-corrected chi connectivity index (χ2v) is 9.12. The van der Waals surface area contributed by atoms with E-state index in [4.69, 9.17) is 9.84 Å². The fourth-order valence-electron chi connectivity index (χ4n) is 4.34. The van der Waals surface area contributed by atoms with Crippen molar-refractivity contribution in [3.05, 3.63) is 83.6 Å². The first kappa shape index (κ1) is 26.6. The first-order valence-electron chi connectivity index (χ1n) is 12.3. The highest BCUT2D eigenvalue weighted by molar-refractivity contribution is 5.66. The van der Waals surface area contributed by atoms with Gasteiger partial charge in [0, 0.05) is 32.4 Å². The standard InChI is InChI=1S/C28H30F3N3O3/c29-28(30,31)24-10-8-23(9-11-24)22-6-3-20(4-7-22)18-34(25-2-1-15-37-19-25)26-12-5-21(17-33-26)16-32-14-13-27(35)36/h3-12,17,25,32H,1-2,13-16,18-19H2,(H,35,36). The zero-order chi connectivity index (χ0) is 26.3. The molecule has 0 saturated carbocycles. The molecule has 1 aromatic heterocycles. The number of carbonyl (C=O) groups is 1. The van der Waals surface area contributed by atoms with Crippen molar-refractivity contribution in [2.45, 2.75) is 44.6 Å². The molecule has 1 aliphatic heterocycles. The summed E-state index contributed by atoms with van der Waals surface area (Å²) in [6.07, 6.45) is -0.521. The topological polar surface area (TPSA) is 74.7 Å². The van der Waals surface area contributed by atoms with Crippen molar-refractivity contribution < 1.29 is 27.8 Å². The number of aromatic nitrogens is 1. The molecule has 196 valence electrons. The van der Waals surface area contributed by atoms with Crippen molar-refractivity contribution >= 4 is 11.8 Å². The molecular weight excluding hydrogens is 483 g/mol. The van der Waals surface area contributed by atoms with Crippen LogP contribution in [0.5, 0.6) is 0 Å². The molecule has 0 bridgehead atoms. The van der Waals surface area contributed by atoms with Gasteiger partial charge >= 0.3 is 12.1 Å². The van der Waals surface area contributed by atoms with Crippen LogP contribution in [-0.2, 0) is 28.8 Å². The van der Waals surface area contributed by atoms with E-state index in [0.29, 0.717) is 26.2 Å². The Hall–Kier alpha value is -3.43. The SMILES string of the molecule is O=C(O)CCNCc1ccc(N(Cc2ccc(-c3ccc(C(F)(F)F)cc3)cc2)C2CCCOC2)nc1. The molecule has 37 heavy (non-hydrogen) atoms. The molecule has 1 unspecified atom stereocenters. The number of nitrogens with one attached hydrogen (secondary N) is 1. The van der Waals surface area contributed by atoms with Crippen LogP contribution in [0, 0.1) is 0 Å². The van der Waals surface area contributed by atoms with Crippen molar-refractivity contribution in [3.8, 4) is 11.1 Å². The quantitative estimate of drug-likeness (QED) is 0.348. The van der Waals surface area contributed by atoms with Crippen LogP contribution in [0.15, 0.2) is 66.9 Å². The molecular formula is C28H30F3N3O3. The van der Waals surface area contributed by atoms with Crippen LogP contribution in [0.1, 0.15) is 36.0 Å². The Balaban J connectivity index is 1.45. The number of halogens is 3. The van der Waals surface area contributed by atoms with Crippen LogP contribution >= 0.6 is 0 Å². The van der Waals surface area contributed by atoms with E-state index in [1.54, 1.807) is 6.20 Å². The number of anilines is 1. The smallest absolute Gasteiger partial charge is 0.416 e. The number of alkyl halides is 3. The molecule has 6 nitrogen and oxygen atoms in total. The number of hydrogen-bond donors (Lipinski definition) is 2. The number of aliphatic carboxylic acids is 1. The fraction of sp³-hybridized carbons (Fsp3) is 0.357. The number of carboxylic acids is 1. The highest BCUT2D eigenvalue weighted by atomic mass is 19.4. The second kappa shape index (κ2) is 12.2. The minimum Gasteiger partial charge on any atom is -0.481 e. The van der Waals surface area contributed by atoms with Gasteiger partial charge < -0.3 is 20.1 Å². The van der Waals surface area contributed by atoms with Gasteiger partial charge in [-0.1, -0.05) is 42.5 Å². The maximum atomic E-state index is 12.9. The summed E-state index contributed by atoms with van der Waals surface area (Å²) in [4.78, 5) is 17.6. The molecule has 0 spiro atoms. The number of nitrogens with zero attached hydrogens (tertiary/aromatic N) is 2. The molecule has 0 radical (unpaired) electrons. The Morgan fingerprint density at radius 1 is 1.03 bits per heavy atom. The number of benzene rings is 2. The summed E-state index contributed by atoms with van der Waals surface area (Å²) in [5.41, 5.74) is 2.94. The predicted molar refractivity (Wildman–Crippen MR) is 135 cm³/mol. The minimum absolute atomic E-state index is 0.0681. The molecule has 3 aromatic rings. The van der Waals surface area contributed by atoms with E-state index in [2.05, 4.69) is 15.2 Å². The van der Waals surface area contributed by atoms with Crippen LogP contribution in [-0.4, -0.2) is 41.9 Å². The van der Waals surface area contributed by atoms with E-state index in [1.807, 2.05) is 36.4 Å². The van der Waals surface area contributed by atoms with E-state index >= 15 is 0 Å². The third-order valence-electron chi connectivity index (χ3n) is 6.38. The van der Waals surface area contributed by atoms with Crippen molar-refractivity contribution in [2.75, 3.05) is 24.7 Å². The number of hydrogen-bond acceptors (Lipinski definition) is 5. The lowest BCUT2D eigenvalue weighted by atomic mass is 10.0. The number of carboxylic acid groups (broad SMARTS) is 1. The molecule has 4 rings (SSSR count). The van der Waals surface area contributed by atoms with Crippen molar-refractivity contribution in [2.24, 2.45) is 0 Å². The van der Waals surface area contributed by atoms with Crippen LogP contribution in [0.2, 0.25) is 0 Å². The Kier molecular flexibility index (Phi) is 8.78. The molecule has 1 aliphatic rings. The molecule has 2 heterocycles. The predicted octanol–water partition coefficient (Wildman–Crippen LogP) is 5.52. The summed E-state index contributed by atoms with van der Waals surface area (Å²) < 4.78 is 44.3. The Morgan fingerprint density at radius 2 is 1.70 bits per heavy atom. The van der Waals surface area contributed by atoms with Gasteiger partial charge in [0.15, 0.2) is 0 Å². The average Bonchev–Trinajstić information content (AvgIpc) is 2.90. The van der Waals surface area contributed by atoms with E-state index in [9.17, 15) is 18.0 Å². The summed E-state index contributed by atoms with van der Waals surface area (Å²) >= 11 is 0. The summed E-state index contributed by atoms with van der Waals surface area (Å²) in [5.74, 6) is -0.00434. The molecule has 0 amide bonds. The van der Waals surface area contributed by atoms with Gasteiger partial charge in [0.1, 0.15) is 5.82 Å². The molecule has 9 heteroatoms. The lowest BCUT2D eigenvalue weighted by Gasteiger charge is -2.35. The van der Waals surface area contributed by atoms with Gasteiger partial charge in [0.25, 0.3) is 0 Å². The monoisotopic (exact) mass is 513 g/mol. The van der Waals surface area contributed by atoms with Crippen LogP contribution < -0.4 is 10.2 Å². The summed E-state index contributed by atoms with van der Waals surface area (Å²) in [6, 6.07) is 17.1. The zero-order valence-electron chi connectivity index (χ0n) is 20.4. The molecule has 1 saturated heterocycles. The highest BCUT2D eigenvalue weighted by Gasteiger charge is 2.30. The molecule has 1 fully saturated rings. The van der Waals surface area contributed by atoms with Crippen molar-refractivity contribution in [3.63, 3.8) is 0 Å². The number of ether oxygens (including phenoxy) is 1. The van der Waals surface area contributed by atoms with E-state index in [0.717, 1.165) is 59.7 Å². The third kappa shape index (κ3) is 7.53. The fourth-order valence-corrected chi connectivity index (χ4v) is 4.34. The number of pyridine rings is 1. The first-order valence-corrected chi connectivity index (χ1v) is 12.3. The summed E-state index contributed by atoms with van der Waals surface area (Å²) in [7, 11) is 0. The largest absolute Gasteiger partial charge is 0.481 e. The van der Waals surface area contributed by atoms with E-state index in [-0.39, 0.29) is 12.5 Å². The van der Waals surface area contributed by atoms with Gasteiger partial charge in [-0.25, -0.2) is 4.98 Å². The average molecular weight is 514 g/mol. The Labute approximate surface area is 214 Å². The van der Waals surface area contributed by atoms with Crippen LogP contribution in [0.4, 0.5) is 19.0 Å². The Morgan fingerprint density at radius 3 is 2.27 bits per heavy atom. The molecule has 2 N–H and O–H groups in total. The van der Waals surface area contributed by atoms with Crippen molar-refractivity contribution in [1.29, 1.82) is 0 Å². The molecule has 1 atom stereocenters. The van der Waals surface area contributed by atoms with Gasteiger partial charge in [0.2, 0.25) is 0 Å². The summed E-state index contributed by atoms with van der Waals surface area (Å²) in [6.45, 7) is 2.92. The van der Waals surface area contributed by atoms with E-state index < -0.39 is 17.7 Å². The minimum atomic E-state index is -4.35. The highest BCUT2D eigenvalue weighted by Crippen LogP contribution is 2.31. The zero-order valence-corrected chi connectivity index (χ0v) is 20.4. The molecule has 0 aliphatic carbocycles. The second-order valence-electron chi connectivity index (χ2n) is 9.12. The lowest BCUT2D eigenvalue weighted by Crippen LogP contribution is -2.41. The van der Waals surface area contributed by atoms with E-state index in [1.165, 1.54) is 12.1 Å². The van der Waals surface area contributed by atoms with Gasteiger partial charge in [0.05, 0.1) is 24.6 Å². The maximum absolute atomic E-state index is 12.9. The van der Waals surface area contributed by atoms with Crippen LogP contribution in [0.3, 0.4) is 0 Å². The normalized spacial score (nSPS) is 15.9. The molecule has 2 aromatic carbocycles. The lowest BCUT2D eigenvalue weighted by molar-refractivity contribution is -0.138. The maximum Gasteiger partial charge on any atom is 0.416 e. The van der Waals surface area contributed by atoms with Gasteiger partial charge in [-0.2, -0.15) is 13.2 Å². The Bertz CT molecular complexity index is 1140. The third-order valence-corrected chi connectivity index (χ3v) is 6.38. The van der Waals surface area contributed by atoms with Gasteiger partial charge in [-0.3, -0.25) is 4.79 Å². The summed E-state index contributed by atoms with van der Waals surface area (Å²) in [5, 5.41) is 11.9. The van der Waals surface area contributed by atoms with Crippen molar-refractivity contribution in [1.82, 2.24) is 10.3 Å². The first-order chi connectivity index (χ1) is 17.8.